The van der Waals surface area contributed by atoms with Crippen LogP contribution in [-0.2, 0) is 4.79 Å². The lowest BCUT2D eigenvalue weighted by Gasteiger charge is -2.32. The molecule has 2 N–H and O–H groups in total. The molecule has 0 aromatic rings. The van der Waals surface area contributed by atoms with Crippen LogP contribution < -0.4 is 10.6 Å². The molecule has 0 aromatic carbocycles. The zero-order valence-electron chi connectivity index (χ0n) is 13.2. The number of nitrogens with zero attached hydrogens (tertiary/aromatic N) is 1. The number of amides is 1. The van der Waals surface area contributed by atoms with Crippen molar-refractivity contribution in [2.24, 2.45) is 5.92 Å². The van der Waals surface area contributed by atoms with Gasteiger partial charge in [-0.1, -0.05) is 19.3 Å². The lowest BCUT2D eigenvalue weighted by Crippen LogP contribution is -2.49. The Kier molecular flexibility index (Phi) is 6.30. The van der Waals surface area contributed by atoms with Crippen LogP contribution in [0.15, 0.2) is 0 Å². The summed E-state index contributed by atoms with van der Waals surface area (Å²) in [5, 5.41) is 6.64. The van der Waals surface area contributed by atoms with Crippen LogP contribution in [-0.4, -0.2) is 49.6 Å². The smallest absolute Gasteiger partial charge is 0.237 e. The molecule has 2 aliphatic rings. The molecular formula is C16H31N3O. The summed E-state index contributed by atoms with van der Waals surface area (Å²) in [4.78, 5) is 14.6. The molecule has 1 unspecified atom stereocenters. The molecule has 0 bridgehead atoms. The Morgan fingerprint density at radius 3 is 2.50 bits per heavy atom. The molecule has 2 rings (SSSR count). The molecule has 1 aliphatic heterocycles. The summed E-state index contributed by atoms with van der Waals surface area (Å²) in [7, 11) is 2.09. The summed E-state index contributed by atoms with van der Waals surface area (Å²) in [6, 6.07) is 0.415. The van der Waals surface area contributed by atoms with Crippen molar-refractivity contribution in [1.29, 1.82) is 0 Å². The third-order valence-corrected chi connectivity index (χ3v) is 5.00. The molecule has 1 saturated carbocycles. The molecule has 1 heterocycles. The maximum atomic E-state index is 12.3. The highest BCUT2D eigenvalue weighted by Gasteiger charge is 2.24. The van der Waals surface area contributed by atoms with E-state index in [0.717, 1.165) is 38.4 Å². The van der Waals surface area contributed by atoms with Gasteiger partial charge in [-0.05, 0) is 58.7 Å². The molecule has 2 fully saturated rings. The van der Waals surface area contributed by atoms with Crippen molar-refractivity contribution in [2.45, 2.75) is 64.0 Å². The van der Waals surface area contributed by atoms with Crippen molar-refractivity contribution in [2.75, 3.05) is 26.7 Å². The molecule has 4 heteroatoms. The van der Waals surface area contributed by atoms with E-state index in [2.05, 4.69) is 22.6 Å². The normalized spacial score (nSPS) is 23.8. The molecule has 1 aliphatic carbocycles. The second-order valence-corrected chi connectivity index (χ2v) is 6.65. The van der Waals surface area contributed by atoms with E-state index in [1.165, 1.54) is 32.1 Å². The minimum atomic E-state index is -0.00758. The van der Waals surface area contributed by atoms with Crippen LogP contribution in [0.4, 0.5) is 0 Å². The van der Waals surface area contributed by atoms with Crippen LogP contribution in [0.2, 0.25) is 0 Å². The van der Waals surface area contributed by atoms with Gasteiger partial charge in [-0.15, -0.1) is 0 Å². The number of carbonyl (C=O) groups excluding carboxylic acids is 1. The first-order valence-electron chi connectivity index (χ1n) is 8.38. The lowest BCUT2D eigenvalue weighted by molar-refractivity contribution is -0.126. The van der Waals surface area contributed by atoms with Gasteiger partial charge in [0.15, 0.2) is 0 Å². The Labute approximate surface area is 123 Å². The first-order valence-corrected chi connectivity index (χ1v) is 8.38. The molecule has 4 nitrogen and oxygen atoms in total. The van der Waals surface area contributed by atoms with Gasteiger partial charge in [0.25, 0.3) is 0 Å². The highest BCUT2D eigenvalue weighted by atomic mass is 16.2. The molecule has 1 atom stereocenters. The Hall–Kier alpha value is -0.610. The number of hydrogen-bond acceptors (Lipinski definition) is 3. The van der Waals surface area contributed by atoms with Gasteiger partial charge < -0.3 is 10.6 Å². The summed E-state index contributed by atoms with van der Waals surface area (Å²) >= 11 is 0. The second-order valence-electron chi connectivity index (χ2n) is 6.65. The largest absolute Gasteiger partial charge is 0.352 e. The minimum Gasteiger partial charge on any atom is -0.352 e. The van der Waals surface area contributed by atoms with E-state index in [9.17, 15) is 4.79 Å². The fraction of sp³-hybridized carbons (Fsp3) is 0.938. The first-order chi connectivity index (χ1) is 9.66. The first kappa shape index (κ1) is 15.8. The van der Waals surface area contributed by atoms with E-state index in [0.29, 0.717) is 6.04 Å². The van der Waals surface area contributed by atoms with E-state index < -0.39 is 0 Å². The zero-order valence-corrected chi connectivity index (χ0v) is 13.2. The lowest BCUT2D eigenvalue weighted by atomic mass is 9.95. The predicted molar refractivity (Wildman–Crippen MR) is 82.7 cm³/mol. The average Bonchev–Trinajstić information content (AvgIpc) is 2.48. The second kappa shape index (κ2) is 7.99. The fourth-order valence-electron chi connectivity index (χ4n) is 3.40. The minimum absolute atomic E-state index is 0.00758. The number of hydrogen-bond donors (Lipinski definition) is 2. The highest BCUT2D eigenvalue weighted by molar-refractivity contribution is 5.81. The molecule has 20 heavy (non-hydrogen) atoms. The molecule has 116 valence electrons. The topological polar surface area (TPSA) is 44.4 Å². The van der Waals surface area contributed by atoms with Crippen LogP contribution >= 0.6 is 0 Å². The summed E-state index contributed by atoms with van der Waals surface area (Å²) in [5.74, 6) is 0.958. The quantitative estimate of drug-likeness (QED) is 0.807. The molecule has 0 spiro atoms. The van der Waals surface area contributed by atoms with Crippen molar-refractivity contribution in [3.05, 3.63) is 0 Å². The van der Waals surface area contributed by atoms with Gasteiger partial charge >= 0.3 is 0 Å². The van der Waals surface area contributed by atoms with E-state index >= 15 is 0 Å². The molecule has 1 amide bonds. The zero-order chi connectivity index (χ0) is 14.4. The fourth-order valence-corrected chi connectivity index (χ4v) is 3.40. The Balaban J connectivity index is 1.73. The maximum absolute atomic E-state index is 12.3. The van der Waals surface area contributed by atoms with Crippen molar-refractivity contribution in [3.63, 3.8) is 0 Å². The maximum Gasteiger partial charge on any atom is 0.237 e. The van der Waals surface area contributed by atoms with Crippen molar-refractivity contribution >= 4 is 5.91 Å². The summed E-state index contributed by atoms with van der Waals surface area (Å²) in [6.07, 6.45) is 8.67. The average molecular weight is 281 g/mol. The Bertz CT molecular complexity index is 296. The number of likely N-dealkylation sites (N-methyl/N-ethyl adjacent to an activating group) is 1. The number of carbonyl (C=O) groups is 1. The highest BCUT2D eigenvalue weighted by Crippen LogP contribution is 2.18. The summed E-state index contributed by atoms with van der Waals surface area (Å²) in [5.41, 5.74) is 0. The van der Waals surface area contributed by atoms with E-state index in [1.54, 1.807) is 0 Å². The van der Waals surface area contributed by atoms with Gasteiger partial charge in [-0.25, -0.2) is 0 Å². The third-order valence-electron chi connectivity index (χ3n) is 5.00. The molecule has 0 radical (unpaired) electrons. The van der Waals surface area contributed by atoms with E-state index in [-0.39, 0.29) is 11.9 Å². The van der Waals surface area contributed by atoms with Gasteiger partial charge in [-0.2, -0.15) is 0 Å². The van der Waals surface area contributed by atoms with Crippen LogP contribution in [0.1, 0.15) is 51.9 Å². The summed E-state index contributed by atoms with van der Waals surface area (Å²) < 4.78 is 0. The van der Waals surface area contributed by atoms with Crippen molar-refractivity contribution < 1.29 is 4.79 Å². The number of nitrogens with one attached hydrogen (secondary N) is 2. The monoisotopic (exact) mass is 281 g/mol. The van der Waals surface area contributed by atoms with E-state index in [4.69, 9.17) is 0 Å². The predicted octanol–water partition coefficient (Wildman–Crippen LogP) is 1.76. The SMILES string of the molecule is CC(C(=O)NC1CCCCC1)N(C)CC1CCNCC1. The summed E-state index contributed by atoms with van der Waals surface area (Å²) in [6.45, 7) is 5.34. The van der Waals surface area contributed by atoms with E-state index in [1.807, 2.05) is 6.92 Å². The third kappa shape index (κ3) is 4.74. The van der Waals surface area contributed by atoms with Gasteiger partial charge in [0.2, 0.25) is 5.91 Å². The van der Waals surface area contributed by atoms with Crippen molar-refractivity contribution in [1.82, 2.24) is 15.5 Å². The van der Waals surface area contributed by atoms with Gasteiger partial charge in [0.05, 0.1) is 6.04 Å². The molecular weight excluding hydrogens is 250 g/mol. The van der Waals surface area contributed by atoms with Crippen molar-refractivity contribution in [3.8, 4) is 0 Å². The van der Waals surface area contributed by atoms with Crippen LogP contribution in [0, 0.1) is 5.92 Å². The molecule has 1 saturated heterocycles. The van der Waals surface area contributed by atoms with Gasteiger partial charge in [-0.3, -0.25) is 9.69 Å². The molecule has 0 aromatic heterocycles. The van der Waals surface area contributed by atoms with Gasteiger partial charge in [0, 0.05) is 12.6 Å². The number of rotatable bonds is 5. The number of piperidine rings is 1. The Morgan fingerprint density at radius 1 is 1.20 bits per heavy atom. The standard InChI is InChI=1S/C16H31N3O/c1-13(16(20)18-15-6-4-3-5-7-15)19(2)12-14-8-10-17-11-9-14/h13-15,17H,3-12H2,1-2H3,(H,18,20). The van der Waals surface area contributed by atoms with Crippen LogP contribution in [0.25, 0.3) is 0 Å². The van der Waals surface area contributed by atoms with Crippen LogP contribution in [0.3, 0.4) is 0 Å². The Morgan fingerprint density at radius 2 is 1.85 bits per heavy atom. The van der Waals surface area contributed by atoms with Crippen LogP contribution in [0.5, 0.6) is 0 Å². The van der Waals surface area contributed by atoms with Gasteiger partial charge in [0.1, 0.15) is 0 Å².